The Hall–Kier alpha value is -2.89. The molecule has 1 aromatic heterocycles. The number of benzene rings is 1. The monoisotopic (exact) mass is 392 g/mol. The predicted octanol–water partition coefficient (Wildman–Crippen LogP) is 3.81. The highest BCUT2D eigenvalue weighted by Crippen LogP contribution is 2.43. The molecular formula is C19H16F4N4O. The number of ether oxygens (including phenoxy) is 1. The van der Waals surface area contributed by atoms with Gasteiger partial charge in [-0.05, 0) is 30.9 Å². The molecule has 1 aromatic carbocycles. The Kier molecular flexibility index (Phi) is 4.37. The zero-order chi connectivity index (χ0) is 19.9. The van der Waals surface area contributed by atoms with Gasteiger partial charge in [0.05, 0.1) is 12.2 Å². The highest BCUT2D eigenvalue weighted by Gasteiger charge is 2.45. The highest BCUT2D eigenvalue weighted by molar-refractivity contribution is 5.60. The summed E-state index contributed by atoms with van der Waals surface area (Å²) in [5.74, 6) is -0.267. The lowest BCUT2D eigenvalue weighted by Crippen LogP contribution is -2.30. The zero-order valence-corrected chi connectivity index (χ0v) is 14.8. The van der Waals surface area contributed by atoms with Gasteiger partial charge in [0.1, 0.15) is 17.4 Å². The summed E-state index contributed by atoms with van der Waals surface area (Å²) in [5.41, 5.74) is -0.219. The summed E-state index contributed by atoms with van der Waals surface area (Å²) in [6.07, 6.45) is -2.60. The molecule has 0 saturated carbocycles. The lowest BCUT2D eigenvalue weighted by atomic mass is 9.94. The fourth-order valence-corrected chi connectivity index (χ4v) is 3.96. The largest absolute Gasteiger partial charge is 0.573 e. The zero-order valence-electron chi connectivity index (χ0n) is 14.8. The Morgan fingerprint density at radius 1 is 1.18 bits per heavy atom. The van der Waals surface area contributed by atoms with E-state index in [0.717, 1.165) is 36.6 Å². The summed E-state index contributed by atoms with van der Waals surface area (Å²) in [6, 6.07) is 7.37. The van der Waals surface area contributed by atoms with Crippen molar-refractivity contribution in [1.82, 2.24) is 10.2 Å². The van der Waals surface area contributed by atoms with E-state index in [9.17, 15) is 18.4 Å². The molecule has 1 fully saturated rings. The average molecular weight is 392 g/mol. The molecule has 1 aliphatic carbocycles. The van der Waals surface area contributed by atoms with Gasteiger partial charge in [0.15, 0.2) is 11.5 Å². The number of para-hydroxylation sites is 1. The van der Waals surface area contributed by atoms with E-state index in [-0.39, 0.29) is 30.9 Å². The van der Waals surface area contributed by atoms with E-state index in [4.69, 9.17) is 0 Å². The van der Waals surface area contributed by atoms with Crippen LogP contribution in [0.3, 0.4) is 0 Å². The minimum Gasteiger partial charge on any atom is -0.405 e. The Balaban J connectivity index is 1.66. The fraction of sp³-hybridized carbons (Fsp3) is 0.421. The van der Waals surface area contributed by atoms with E-state index in [1.54, 1.807) is 4.90 Å². The van der Waals surface area contributed by atoms with Crippen LogP contribution in [0, 0.1) is 11.3 Å². The first-order chi connectivity index (χ1) is 13.3. The second-order valence-corrected chi connectivity index (χ2v) is 6.97. The second-order valence-electron chi connectivity index (χ2n) is 6.97. The van der Waals surface area contributed by atoms with E-state index < -0.39 is 17.8 Å². The summed E-state index contributed by atoms with van der Waals surface area (Å²) in [4.78, 5) is 1.58. The first kappa shape index (κ1) is 18.5. The summed E-state index contributed by atoms with van der Waals surface area (Å²) in [6.45, 7) is -0.0215. The molecule has 9 heteroatoms. The number of aromatic nitrogens is 2. The minimum absolute atomic E-state index is 0.0468. The number of fused-ring (bicyclic) bond motifs is 1. The van der Waals surface area contributed by atoms with Gasteiger partial charge in [0.25, 0.3) is 0 Å². The number of alkyl halides is 4. The van der Waals surface area contributed by atoms with Gasteiger partial charge in [-0.2, -0.15) is 10.4 Å². The van der Waals surface area contributed by atoms with Gasteiger partial charge in [-0.15, -0.1) is 18.3 Å². The summed E-state index contributed by atoms with van der Waals surface area (Å²) < 4.78 is 57.8. The van der Waals surface area contributed by atoms with Crippen LogP contribution in [0.1, 0.15) is 35.2 Å². The molecule has 0 spiro atoms. The molecular weight excluding hydrogens is 376 g/mol. The van der Waals surface area contributed by atoms with Gasteiger partial charge in [0.2, 0.25) is 0 Å². The van der Waals surface area contributed by atoms with Crippen LogP contribution in [0.15, 0.2) is 24.3 Å². The Morgan fingerprint density at radius 2 is 1.96 bits per heavy atom. The smallest absolute Gasteiger partial charge is 0.405 e. The van der Waals surface area contributed by atoms with Crippen molar-refractivity contribution in [3.8, 4) is 11.8 Å². The number of hydrogen-bond donors (Lipinski definition) is 0. The molecule has 0 amide bonds. The van der Waals surface area contributed by atoms with E-state index in [0.29, 0.717) is 5.56 Å². The Bertz CT molecular complexity index is 956. The molecule has 1 unspecified atom stereocenters. The summed E-state index contributed by atoms with van der Waals surface area (Å²) in [5, 5.41) is 17.9. The third-order valence-corrected chi connectivity index (χ3v) is 5.21. The predicted molar refractivity (Wildman–Crippen MR) is 91.5 cm³/mol. The molecule has 1 saturated heterocycles. The molecule has 28 heavy (non-hydrogen) atoms. The quantitative estimate of drug-likeness (QED) is 0.744. The third kappa shape index (κ3) is 3.23. The van der Waals surface area contributed by atoms with Crippen LogP contribution in [0.2, 0.25) is 0 Å². The van der Waals surface area contributed by atoms with Gasteiger partial charge in [0, 0.05) is 18.5 Å². The van der Waals surface area contributed by atoms with Gasteiger partial charge in [-0.3, -0.25) is 0 Å². The average Bonchev–Trinajstić information content (AvgIpc) is 3.27. The van der Waals surface area contributed by atoms with Crippen LogP contribution < -0.4 is 9.64 Å². The summed E-state index contributed by atoms with van der Waals surface area (Å²) in [7, 11) is 0. The Morgan fingerprint density at radius 3 is 2.71 bits per heavy atom. The van der Waals surface area contributed by atoms with Crippen molar-refractivity contribution in [3.63, 3.8) is 0 Å². The van der Waals surface area contributed by atoms with Crippen LogP contribution in [-0.4, -0.2) is 29.6 Å². The number of rotatable bonds is 3. The maximum atomic E-state index is 15.7. The number of anilines is 1. The number of aryl methyl sites for hydroxylation is 1. The van der Waals surface area contributed by atoms with Crippen molar-refractivity contribution in [2.24, 2.45) is 0 Å². The number of halogens is 4. The van der Waals surface area contributed by atoms with Gasteiger partial charge < -0.3 is 9.64 Å². The molecule has 1 atom stereocenters. The second kappa shape index (κ2) is 6.62. The van der Waals surface area contributed by atoms with E-state index in [1.807, 2.05) is 0 Å². The molecule has 2 aromatic rings. The van der Waals surface area contributed by atoms with Crippen molar-refractivity contribution in [2.45, 2.75) is 37.7 Å². The van der Waals surface area contributed by atoms with Crippen molar-refractivity contribution < 1.29 is 22.3 Å². The molecule has 2 aliphatic rings. The van der Waals surface area contributed by atoms with Crippen molar-refractivity contribution in [3.05, 3.63) is 46.6 Å². The topological polar surface area (TPSA) is 62.0 Å². The SMILES string of the molecule is N#Cc1c(N2CCC(F)(c3ccccc3OC(F)(F)F)C2)nnc2c1CCC2. The summed E-state index contributed by atoms with van der Waals surface area (Å²) >= 11 is 0. The molecule has 0 N–H and O–H groups in total. The third-order valence-electron chi connectivity index (χ3n) is 5.21. The first-order valence-corrected chi connectivity index (χ1v) is 8.88. The Labute approximate surface area is 158 Å². The minimum atomic E-state index is -4.91. The number of hydrogen-bond acceptors (Lipinski definition) is 5. The van der Waals surface area contributed by atoms with Crippen molar-refractivity contribution in [1.29, 1.82) is 5.26 Å². The normalized spacial score (nSPS) is 21.5. The van der Waals surface area contributed by atoms with Crippen molar-refractivity contribution >= 4 is 5.82 Å². The first-order valence-electron chi connectivity index (χ1n) is 8.88. The molecule has 146 valence electrons. The molecule has 2 heterocycles. The molecule has 0 bridgehead atoms. The molecule has 1 aliphatic heterocycles. The van der Waals surface area contributed by atoms with Crippen LogP contribution in [0.25, 0.3) is 0 Å². The van der Waals surface area contributed by atoms with Gasteiger partial charge in [-0.1, -0.05) is 18.2 Å². The number of nitrogens with zero attached hydrogens (tertiary/aromatic N) is 4. The van der Waals surface area contributed by atoms with Crippen LogP contribution in [-0.2, 0) is 18.5 Å². The van der Waals surface area contributed by atoms with E-state index >= 15 is 4.39 Å². The van der Waals surface area contributed by atoms with E-state index in [1.165, 1.54) is 18.2 Å². The van der Waals surface area contributed by atoms with Gasteiger partial charge in [-0.25, -0.2) is 4.39 Å². The molecule has 0 radical (unpaired) electrons. The highest BCUT2D eigenvalue weighted by atomic mass is 19.4. The van der Waals surface area contributed by atoms with Crippen LogP contribution >= 0.6 is 0 Å². The lowest BCUT2D eigenvalue weighted by Gasteiger charge is -2.25. The van der Waals surface area contributed by atoms with Crippen molar-refractivity contribution in [2.75, 3.05) is 18.0 Å². The maximum Gasteiger partial charge on any atom is 0.573 e. The van der Waals surface area contributed by atoms with Crippen LogP contribution in [0.5, 0.6) is 5.75 Å². The number of nitriles is 1. The van der Waals surface area contributed by atoms with E-state index in [2.05, 4.69) is 21.0 Å². The van der Waals surface area contributed by atoms with Gasteiger partial charge >= 0.3 is 6.36 Å². The standard InChI is InChI=1S/C19H16F4N4O/c20-18(14-5-1-2-7-16(14)28-19(21,22)23)8-9-27(11-18)17-13(10-24)12-4-3-6-15(12)25-26-17/h1-2,5,7H,3-4,6,8-9,11H2. The maximum absolute atomic E-state index is 15.7. The van der Waals surface area contributed by atoms with Crippen LogP contribution in [0.4, 0.5) is 23.4 Å². The fourth-order valence-electron chi connectivity index (χ4n) is 3.96. The molecule has 5 nitrogen and oxygen atoms in total. The molecule has 4 rings (SSSR count). The lowest BCUT2D eigenvalue weighted by molar-refractivity contribution is -0.275.